The van der Waals surface area contributed by atoms with E-state index in [1.165, 1.54) is 12.1 Å². The van der Waals surface area contributed by atoms with Gasteiger partial charge in [-0.1, -0.05) is 18.2 Å². The zero-order valence-corrected chi connectivity index (χ0v) is 12.2. The standard InChI is InChI=1S/C15H21F3N2O/c1-10-8-20(9-11(2)21-10)14(7-19)12-5-3-4-6-13(12)15(16,17)18/h3-6,10-11,14H,7-9,19H2,1-2H3/t10-,11-,14-/m0/s1. The molecule has 0 aromatic heterocycles. The molecule has 1 aliphatic heterocycles. The van der Waals surface area contributed by atoms with Crippen molar-refractivity contribution in [3.8, 4) is 0 Å². The molecule has 1 fully saturated rings. The van der Waals surface area contributed by atoms with Crippen molar-refractivity contribution < 1.29 is 17.9 Å². The molecule has 1 aromatic carbocycles. The van der Waals surface area contributed by atoms with Gasteiger partial charge in [0, 0.05) is 25.7 Å². The molecule has 3 nitrogen and oxygen atoms in total. The van der Waals surface area contributed by atoms with Crippen LogP contribution in [0.4, 0.5) is 13.2 Å². The van der Waals surface area contributed by atoms with Gasteiger partial charge in [-0.25, -0.2) is 0 Å². The zero-order chi connectivity index (χ0) is 15.6. The third-order valence-corrected chi connectivity index (χ3v) is 3.74. The Labute approximate surface area is 122 Å². The van der Waals surface area contributed by atoms with Crippen LogP contribution in [0.25, 0.3) is 0 Å². The van der Waals surface area contributed by atoms with E-state index in [4.69, 9.17) is 10.5 Å². The Bertz CT molecular complexity index is 468. The first kappa shape index (κ1) is 16.3. The van der Waals surface area contributed by atoms with Crippen LogP contribution in [0, 0.1) is 0 Å². The second-order valence-electron chi connectivity index (χ2n) is 5.55. The molecule has 0 amide bonds. The highest BCUT2D eigenvalue weighted by Crippen LogP contribution is 2.36. The Morgan fingerprint density at radius 2 is 1.81 bits per heavy atom. The second kappa shape index (κ2) is 6.34. The number of morpholine rings is 1. The molecule has 21 heavy (non-hydrogen) atoms. The number of alkyl halides is 3. The van der Waals surface area contributed by atoms with E-state index in [9.17, 15) is 13.2 Å². The summed E-state index contributed by atoms with van der Waals surface area (Å²) >= 11 is 0. The topological polar surface area (TPSA) is 38.5 Å². The molecule has 0 unspecified atom stereocenters. The summed E-state index contributed by atoms with van der Waals surface area (Å²) in [4.78, 5) is 1.99. The van der Waals surface area contributed by atoms with Crippen molar-refractivity contribution in [2.75, 3.05) is 19.6 Å². The SMILES string of the molecule is C[C@H]1CN([C@@H](CN)c2ccccc2C(F)(F)F)C[C@H](C)O1. The molecule has 118 valence electrons. The van der Waals surface area contributed by atoms with Crippen LogP contribution in [-0.4, -0.2) is 36.7 Å². The number of benzene rings is 1. The van der Waals surface area contributed by atoms with Crippen LogP contribution in [0.3, 0.4) is 0 Å². The lowest BCUT2D eigenvalue weighted by Crippen LogP contribution is -2.48. The van der Waals surface area contributed by atoms with Crippen LogP contribution >= 0.6 is 0 Å². The number of ether oxygens (including phenoxy) is 1. The Hall–Kier alpha value is -1.11. The monoisotopic (exact) mass is 302 g/mol. The molecule has 0 spiro atoms. The normalized spacial score (nSPS) is 25.8. The zero-order valence-electron chi connectivity index (χ0n) is 12.2. The summed E-state index contributed by atoms with van der Waals surface area (Å²) in [6.07, 6.45) is -4.39. The minimum absolute atomic E-state index is 0.0131. The van der Waals surface area contributed by atoms with E-state index in [1.54, 1.807) is 6.07 Å². The van der Waals surface area contributed by atoms with Crippen molar-refractivity contribution in [3.05, 3.63) is 35.4 Å². The maximum Gasteiger partial charge on any atom is 0.416 e. The summed E-state index contributed by atoms with van der Waals surface area (Å²) in [7, 11) is 0. The number of nitrogens with two attached hydrogens (primary N) is 1. The molecule has 1 heterocycles. The molecular weight excluding hydrogens is 281 g/mol. The van der Waals surface area contributed by atoms with Crippen LogP contribution in [0.1, 0.15) is 31.0 Å². The highest BCUT2D eigenvalue weighted by molar-refractivity contribution is 5.33. The van der Waals surface area contributed by atoms with Crippen molar-refractivity contribution >= 4 is 0 Å². The maximum absolute atomic E-state index is 13.2. The number of nitrogens with zero attached hydrogens (tertiary/aromatic N) is 1. The van der Waals surface area contributed by atoms with Crippen molar-refractivity contribution in [2.45, 2.75) is 38.3 Å². The van der Waals surface area contributed by atoms with Gasteiger partial charge in [0.05, 0.1) is 17.8 Å². The minimum atomic E-state index is -4.37. The molecule has 1 aromatic rings. The second-order valence-corrected chi connectivity index (χ2v) is 5.55. The summed E-state index contributed by atoms with van der Waals surface area (Å²) in [5.41, 5.74) is 5.43. The molecule has 2 rings (SSSR count). The first-order valence-corrected chi connectivity index (χ1v) is 7.08. The molecule has 0 aliphatic carbocycles. The smallest absolute Gasteiger partial charge is 0.373 e. The van der Waals surface area contributed by atoms with Crippen LogP contribution in [0.2, 0.25) is 0 Å². The Balaban J connectivity index is 2.34. The molecule has 6 heteroatoms. The van der Waals surface area contributed by atoms with Gasteiger partial charge in [-0.2, -0.15) is 13.2 Å². The van der Waals surface area contributed by atoms with Crippen LogP contribution in [0.15, 0.2) is 24.3 Å². The quantitative estimate of drug-likeness (QED) is 0.933. The summed E-state index contributed by atoms with van der Waals surface area (Å²) in [5, 5.41) is 0. The fourth-order valence-corrected chi connectivity index (χ4v) is 2.99. The fourth-order valence-electron chi connectivity index (χ4n) is 2.99. The molecule has 2 N–H and O–H groups in total. The lowest BCUT2D eigenvalue weighted by Gasteiger charge is -2.40. The summed E-state index contributed by atoms with van der Waals surface area (Å²) in [6.45, 7) is 5.15. The van der Waals surface area contributed by atoms with E-state index in [0.29, 0.717) is 13.1 Å². The highest BCUT2D eigenvalue weighted by atomic mass is 19.4. The fraction of sp³-hybridized carbons (Fsp3) is 0.600. The first-order chi connectivity index (χ1) is 9.82. The highest BCUT2D eigenvalue weighted by Gasteiger charge is 2.37. The van der Waals surface area contributed by atoms with E-state index in [-0.39, 0.29) is 24.3 Å². The van der Waals surface area contributed by atoms with Gasteiger partial charge in [-0.05, 0) is 25.5 Å². The third-order valence-electron chi connectivity index (χ3n) is 3.74. The van der Waals surface area contributed by atoms with Crippen molar-refractivity contribution in [2.24, 2.45) is 5.73 Å². The summed E-state index contributed by atoms with van der Waals surface area (Å²) in [5.74, 6) is 0. The molecule has 1 saturated heterocycles. The van der Waals surface area contributed by atoms with Crippen molar-refractivity contribution in [1.82, 2.24) is 4.90 Å². The van der Waals surface area contributed by atoms with Crippen LogP contribution in [0.5, 0.6) is 0 Å². The van der Waals surface area contributed by atoms with E-state index < -0.39 is 17.8 Å². The van der Waals surface area contributed by atoms with E-state index in [1.807, 2.05) is 18.7 Å². The van der Waals surface area contributed by atoms with Gasteiger partial charge in [0.15, 0.2) is 0 Å². The van der Waals surface area contributed by atoms with Crippen LogP contribution < -0.4 is 5.73 Å². The average molecular weight is 302 g/mol. The van der Waals surface area contributed by atoms with Gasteiger partial charge >= 0.3 is 6.18 Å². The molecule has 1 aliphatic rings. The molecular formula is C15H21F3N2O. The van der Waals surface area contributed by atoms with Gasteiger partial charge in [0.1, 0.15) is 0 Å². The van der Waals surface area contributed by atoms with Gasteiger partial charge < -0.3 is 10.5 Å². The predicted octanol–water partition coefficient (Wildman–Crippen LogP) is 2.81. The number of halogens is 3. The lowest BCUT2D eigenvalue weighted by molar-refractivity contribution is -0.139. The number of hydrogen-bond acceptors (Lipinski definition) is 3. The Morgan fingerprint density at radius 3 is 2.33 bits per heavy atom. The molecule has 0 radical (unpaired) electrons. The van der Waals surface area contributed by atoms with E-state index >= 15 is 0 Å². The average Bonchev–Trinajstić information content (AvgIpc) is 2.38. The largest absolute Gasteiger partial charge is 0.416 e. The van der Waals surface area contributed by atoms with Gasteiger partial charge in [-0.15, -0.1) is 0 Å². The van der Waals surface area contributed by atoms with Gasteiger partial charge in [0.25, 0.3) is 0 Å². The van der Waals surface area contributed by atoms with Crippen molar-refractivity contribution in [3.63, 3.8) is 0 Å². The summed E-state index contributed by atoms with van der Waals surface area (Å²) in [6, 6.07) is 5.22. The lowest BCUT2D eigenvalue weighted by atomic mass is 9.97. The van der Waals surface area contributed by atoms with Gasteiger partial charge in [-0.3, -0.25) is 4.90 Å². The minimum Gasteiger partial charge on any atom is -0.373 e. The number of hydrogen-bond donors (Lipinski definition) is 1. The van der Waals surface area contributed by atoms with Crippen molar-refractivity contribution in [1.29, 1.82) is 0 Å². The Morgan fingerprint density at radius 1 is 1.24 bits per heavy atom. The van der Waals surface area contributed by atoms with E-state index in [2.05, 4.69) is 0 Å². The maximum atomic E-state index is 13.2. The Kier molecular flexibility index (Phi) is 4.91. The number of rotatable bonds is 3. The molecule has 3 atom stereocenters. The first-order valence-electron chi connectivity index (χ1n) is 7.08. The predicted molar refractivity (Wildman–Crippen MR) is 74.8 cm³/mol. The van der Waals surface area contributed by atoms with Gasteiger partial charge in [0.2, 0.25) is 0 Å². The molecule has 0 bridgehead atoms. The summed E-state index contributed by atoms with van der Waals surface area (Å²) < 4.78 is 45.2. The van der Waals surface area contributed by atoms with Crippen LogP contribution in [-0.2, 0) is 10.9 Å². The van der Waals surface area contributed by atoms with E-state index in [0.717, 1.165) is 6.07 Å². The third kappa shape index (κ3) is 3.75. The molecule has 0 saturated carbocycles.